The van der Waals surface area contributed by atoms with Gasteiger partial charge >= 0.3 is 12.1 Å². The van der Waals surface area contributed by atoms with Gasteiger partial charge in [0.1, 0.15) is 5.60 Å². The van der Waals surface area contributed by atoms with E-state index >= 15 is 0 Å². The van der Waals surface area contributed by atoms with Crippen molar-refractivity contribution >= 4 is 27.6 Å². The van der Waals surface area contributed by atoms with Gasteiger partial charge in [-0.1, -0.05) is 13.8 Å². The molecule has 8 nitrogen and oxygen atoms in total. The number of nitrogens with two attached hydrogens (primary N) is 1. The Hall–Kier alpha value is -2.29. The predicted molar refractivity (Wildman–Crippen MR) is 109 cm³/mol. The van der Waals surface area contributed by atoms with Crippen LogP contribution in [0.1, 0.15) is 59.1 Å². The summed E-state index contributed by atoms with van der Waals surface area (Å²) in [5.74, 6) is -0.696. The summed E-state index contributed by atoms with van der Waals surface area (Å²) >= 11 is 0. The Kier molecular flexibility index (Phi) is 6.23. The highest BCUT2D eigenvalue weighted by Gasteiger charge is 2.56. The molecular weight excluding hydrogens is 396 g/mol. The van der Waals surface area contributed by atoms with Crippen LogP contribution in [-0.2, 0) is 19.4 Å². The molecule has 0 radical (unpaired) electrons. The van der Waals surface area contributed by atoms with E-state index in [1.807, 2.05) is 0 Å². The quantitative estimate of drug-likeness (QED) is 0.546. The molecule has 1 aromatic rings. The van der Waals surface area contributed by atoms with Gasteiger partial charge in [0.15, 0.2) is 9.84 Å². The van der Waals surface area contributed by atoms with Crippen LogP contribution in [0.2, 0.25) is 0 Å². The predicted octanol–water partition coefficient (Wildman–Crippen LogP) is 3.23. The lowest BCUT2D eigenvalue weighted by atomic mass is 9.74. The molecule has 29 heavy (non-hydrogen) atoms. The SMILES string of the molecule is CCC1(C(=O)OC(C)(C)C)CCN(C(=O)O)C1c1cc(N)ccc1S(=O)(=O)CC. The lowest BCUT2D eigenvalue weighted by Crippen LogP contribution is -2.43. The minimum atomic E-state index is -3.68. The third-order valence-electron chi connectivity index (χ3n) is 5.36. The van der Waals surface area contributed by atoms with Crippen molar-refractivity contribution in [2.75, 3.05) is 18.0 Å². The van der Waals surface area contributed by atoms with Crippen LogP contribution in [0, 0.1) is 5.41 Å². The zero-order chi connectivity index (χ0) is 22.2. The number of hydrogen-bond donors (Lipinski definition) is 2. The molecule has 1 aliphatic rings. The fourth-order valence-electron chi connectivity index (χ4n) is 3.88. The summed E-state index contributed by atoms with van der Waals surface area (Å²) in [6, 6.07) is 3.30. The average molecular weight is 427 g/mol. The summed E-state index contributed by atoms with van der Waals surface area (Å²) in [7, 11) is -3.68. The molecule has 2 rings (SSSR count). The van der Waals surface area contributed by atoms with E-state index in [-0.39, 0.29) is 35.6 Å². The molecule has 0 bridgehead atoms. The van der Waals surface area contributed by atoms with Crippen LogP contribution in [0.5, 0.6) is 0 Å². The maximum atomic E-state index is 13.3. The number of rotatable bonds is 5. The van der Waals surface area contributed by atoms with Crippen LogP contribution in [0.25, 0.3) is 0 Å². The van der Waals surface area contributed by atoms with Gasteiger partial charge in [-0.2, -0.15) is 0 Å². The molecular formula is C20H30N2O6S. The first-order chi connectivity index (χ1) is 13.3. The molecule has 1 amide bonds. The summed E-state index contributed by atoms with van der Waals surface area (Å²) in [6.07, 6.45) is -0.705. The van der Waals surface area contributed by atoms with Gasteiger partial charge in [0.25, 0.3) is 0 Å². The number of nitrogens with zero attached hydrogens (tertiary/aromatic N) is 1. The van der Waals surface area contributed by atoms with Crippen LogP contribution in [0.3, 0.4) is 0 Å². The average Bonchev–Trinajstić information content (AvgIpc) is 3.01. The van der Waals surface area contributed by atoms with E-state index in [1.54, 1.807) is 27.7 Å². The monoisotopic (exact) mass is 426 g/mol. The highest BCUT2D eigenvalue weighted by molar-refractivity contribution is 7.91. The number of benzene rings is 1. The van der Waals surface area contributed by atoms with Gasteiger partial charge in [-0.3, -0.25) is 4.79 Å². The molecule has 3 N–H and O–H groups in total. The molecule has 1 fully saturated rings. The molecule has 2 atom stereocenters. The number of amides is 1. The van der Waals surface area contributed by atoms with Crippen molar-refractivity contribution in [3.8, 4) is 0 Å². The summed E-state index contributed by atoms with van der Waals surface area (Å²) in [4.78, 5) is 26.4. The number of carbonyl (C=O) groups is 2. The second-order valence-electron chi connectivity index (χ2n) is 8.34. The Morgan fingerprint density at radius 1 is 1.31 bits per heavy atom. The highest BCUT2D eigenvalue weighted by Crippen LogP contribution is 2.52. The topological polar surface area (TPSA) is 127 Å². The van der Waals surface area contributed by atoms with Crippen LogP contribution >= 0.6 is 0 Å². The molecule has 0 spiro atoms. The summed E-state index contributed by atoms with van der Waals surface area (Å²) in [5.41, 5.74) is 4.47. The summed E-state index contributed by atoms with van der Waals surface area (Å²) in [5, 5.41) is 9.80. The largest absolute Gasteiger partial charge is 0.465 e. The number of nitrogen functional groups attached to an aromatic ring is 1. The Labute approximate surface area is 171 Å². The lowest BCUT2D eigenvalue weighted by Gasteiger charge is -2.37. The molecule has 162 valence electrons. The second-order valence-corrected chi connectivity index (χ2v) is 10.6. The van der Waals surface area contributed by atoms with Crippen molar-refractivity contribution in [1.82, 2.24) is 4.90 Å². The van der Waals surface area contributed by atoms with E-state index in [2.05, 4.69) is 0 Å². The maximum Gasteiger partial charge on any atom is 0.407 e. The fraction of sp³-hybridized carbons (Fsp3) is 0.600. The van der Waals surface area contributed by atoms with E-state index in [4.69, 9.17) is 10.5 Å². The third-order valence-corrected chi connectivity index (χ3v) is 7.16. The first kappa shape index (κ1) is 23.0. The zero-order valence-electron chi connectivity index (χ0n) is 17.6. The van der Waals surface area contributed by atoms with E-state index < -0.39 is 39.0 Å². The maximum absolute atomic E-state index is 13.3. The third kappa shape index (κ3) is 4.34. The van der Waals surface area contributed by atoms with Crippen LogP contribution in [0.15, 0.2) is 23.1 Å². The van der Waals surface area contributed by atoms with E-state index in [0.29, 0.717) is 5.69 Å². The molecule has 1 aliphatic heterocycles. The van der Waals surface area contributed by atoms with Crippen molar-refractivity contribution < 1.29 is 27.9 Å². The normalized spacial score (nSPS) is 22.5. The second kappa shape index (κ2) is 7.85. The van der Waals surface area contributed by atoms with Gasteiger partial charge in [0.2, 0.25) is 0 Å². The van der Waals surface area contributed by atoms with Crippen molar-refractivity contribution in [1.29, 1.82) is 0 Å². The summed E-state index contributed by atoms with van der Waals surface area (Å²) in [6.45, 7) is 8.60. The molecule has 1 aromatic carbocycles. The lowest BCUT2D eigenvalue weighted by molar-refractivity contribution is -0.169. The highest BCUT2D eigenvalue weighted by atomic mass is 32.2. The molecule has 1 saturated heterocycles. The Bertz CT molecular complexity index is 906. The minimum absolute atomic E-state index is 0.00580. The van der Waals surface area contributed by atoms with Crippen molar-refractivity contribution in [2.45, 2.75) is 64.0 Å². The Balaban J connectivity index is 2.78. The van der Waals surface area contributed by atoms with Crippen molar-refractivity contribution in [3.05, 3.63) is 23.8 Å². The Morgan fingerprint density at radius 2 is 1.93 bits per heavy atom. The fourth-order valence-corrected chi connectivity index (χ4v) is 5.00. The van der Waals surface area contributed by atoms with E-state index in [9.17, 15) is 23.1 Å². The number of hydrogen-bond acceptors (Lipinski definition) is 6. The number of carbonyl (C=O) groups excluding carboxylic acids is 1. The number of ether oxygens (including phenoxy) is 1. The van der Waals surface area contributed by atoms with Gasteiger partial charge < -0.3 is 20.5 Å². The number of esters is 1. The number of anilines is 1. The van der Waals surface area contributed by atoms with Crippen molar-refractivity contribution in [2.24, 2.45) is 5.41 Å². The number of likely N-dealkylation sites (tertiary alicyclic amines) is 1. The summed E-state index contributed by atoms with van der Waals surface area (Å²) < 4.78 is 31.1. The zero-order valence-corrected chi connectivity index (χ0v) is 18.4. The Morgan fingerprint density at radius 3 is 2.41 bits per heavy atom. The van der Waals surface area contributed by atoms with Crippen molar-refractivity contribution in [3.63, 3.8) is 0 Å². The van der Waals surface area contributed by atoms with Gasteiger partial charge in [-0.15, -0.1) is 0 Å². The minimum Gasteiger partial charge on any atom is -0.465 e. The van der Waals surface area contributed by atoms with Crippen LogP contribution < -0.4 is 5.73 Å². The van der Waals surface area contributed by atoms with Crippen LogP contribution in [-0.4, -0.2) is 48.4 Å². The molecule has 2 unspecified atom stereocenters. The van der Waals surface area contributed by atoms with E-state index in [0.717, 1.165) is 4.90 Å². The molecule has 0 aliphatic carbocycles. The first-order valence-corrected chi connectivity index (χ1v) is 11.3. The number of carboxylic acid groups (broad SMARTS) is 1. The van der Waals surface area contributed by atoms with Crippen LogP contribution in [0.4, 0.5) is 10.5 Å². The van der Waals surface area contributed by atoms with Gasteiger partial charge in [0.05, 0.1) is 22.1 Å². The van der Waals surface area contributed by atoms with Gasteiger partial charge in [0, 0.05) is 12.2 Å². The number of sulfone groups is 1. The first-order valence-electron chi connectivity index (χ1n) is 9.64. The smallest absolute Gasteiger partial charge is 0.407 e. The molecule has 0 aromatic heterocycles. The molecule has 1 heterocycles. The van der Waals surface area contributed by atoms with E-state index in [1.165, 1.54) is 25.1 Å². The molecule has 9 heteroatoms. The molecule has 0 saturated carbocycles. The standard InChI is InChI=1S/C20H30N2O6S/c1-6-20(17(23)28-19(3,4)5)10-11-22(18(24)25)16(20)14-12-13(21)8-9-15(14)29(26,27)7-2/h8-9,12,16H,6-7,10-11,21H2,1-5H3,(H,24,25). The van der Waals surface area contributed by atoms with Gasteiger partial charge in [-0.05, 0) is 57.4 Å². The van der Waals surface area contributed by atoms with Gasteiger partial charge in [-0.25, -0.2) is 13.2 Å².